The molecule has 22 heavy (non-hydrogen) atoms. The van der Waals surface area contributed by atoms with Gasteiger partial charge in [-0.3, -0.25) is 9.69 Å². The molecule has 0 unspecified atom stereocenters. The number of benzene rings is 1. The number of pyridine rings is 1. The van der Waals surface area contributed by atoms with Crippen LogP contribution in [0.15, 0.2) is 41.3 Å². The fourth-order valence-electron chi connectivity index (χ4n) is 2.42. The molecule has 0 atom stereocenters. The number of ether oxygens (including phenoxy) is 1. The normalized spacial score (nSPS) is 10.9. The summed E-state index contributed by atoms with van der Waals surface area (Å²) < 4.78 is 4.99. The summed E-state index contributed by atoms with van der Waals surface area (Å²) in [6.45, 7) is 4.56. The van der Waals surface area contributed by atoms with Crippen LogP contribution in [0.3, 0.4) is 0 Å². The van der Waals surface area contributed by atoms with Crippen molar-refractivity contribution < 1.29 is 4.74 Å². The first kappa shape index (κ1) is 16.6. The van der Waals surface area contributed by atoms with Gasteiger partial charge in [-0.05, 0) is 30.7 Å². The largest absolute Gasteiger partial charge is 0.491 e. The van der Waals surface area contributed by atoms with E-state index in [0.29, 0.717) is 12.3 Å². The van der Waals surface area contributed by atoms with E-state index >= 15 is 0 Å². The summed E-state index contributed by atoms with van der Waals surface area (Å²) in [4.78, 5) is 17.2. The number of H-pyrrole nitrogens is 1. The highest BCUT2D eigenvalue weighted by Crippen LogP contribution is 2.14. The van der Waals surface area contributed by atoms with Gasteiger partial charge in [-0.1, -0.05) is 30.7 Å². The van der Waals surface area contributed by atoms with E-state index in [0.717, 1.165) is 35.8 Å². The molecule has 5 heteroatoms. The Hall–Kier alpha value is -1.78. The Morgan fingerprint density at radius 2 is 2.09 bits per heavy atom. The molecule has 1 heterocycles. The average molecular weight is 321 g/mol. The second-order valence-electron chi connectivity index (χ2n) is 5.23. The Morgan fingerprint density at radius 3 is 2.73 bits per heavy atom. The van der Waals surface area contributed by atoms with Gasteiger partial charge in [-0.25, -0.2) is 0 Å². The van der Waals surface area contributed by atoms with Crippen molar-refractivity contribution in [3.8, 4) is 5.75 Å². The molecule has 1 aromatic carbocycles. The van der Waals surface area contributed by atoms with E-state index in [2.05, 4.69) is 22.9 Å². The minimum absolute atomic E-state index is 0.101. The lowest BCUT2D eigenvalue weighted by atomic mass is 10.2. The monoisotopic (exact) mass is 320 g/mol. The van der Waals surface area contributed by atoms with Gasteiger partial charge in [0.1, 0.15) is 0 Å². The molecular weight excluding hydrogens is 300 g/mol. The van der Waals surface area contributed by atoms with Gasteiger partial charge in [-0.2, -0.15) is 0 Å². The Kier molecular flexibility index (Phi) is 6.04. The lowest BCUT2D eigenvalue weighted by molar-refractivity contribution is 0.254. The Balaban J connectivity index is 2.11. The predicted molar refractivity (Wildman–Crippen MR) is 89.5 cm³/mol. The molecule has 2 rings (SSSR count). The van der Waals surface area contributed by atoms with Gasteiger partial charge in [0.05, 0.1) is 7.11 Å². The molecule has 0 bridgehead atoms. The standard InChI is InChI=1S/C17H21ClN2O2/c1-3-7-20(11-13-5-4-6-14(18)8-13)12-15-9-16(21)17(22-2)10-19-15/h4-6,8-10H,3,7,11-12H2,1-2H3,(H,19,21). The zero-order valence-corrected chi connectivity index (χ0v) is 13.7. The number of methoxy groups -OCH3 is 1. The van der Waals surface area contributed by atoms with Crippen molar-refractivity contribution in [2.45, 2.75) is 26.4 Å². The third kappa shape index (κ3) is 4.61. The van der Waals surface area contributed by atoms with Crippen LogP contribution in [0.4, 0.5) is 0 Å². The first-order valence-electron chi connectivity index (χ1n) is 7.34. The number of nitrogens with one attached hydrogen (secondary N) is 1. The predicted octanol–water partition coefficient (Wildman–Crippen LogP) is 3.45. The van der Waals surface area contributed by atoms with Gasteiger partial charge in [0.25, 0.3) is 0 Å². The molecule has 1 aromatic heterocycles. The smallest absolute Gasteiger partial charge is 0.223 e. The van der Waals surface area contributed by atoms with Crippen molar-refractivity contribution in [3.05, 3.63) is 63.0 Å². The van der Waals surface area contributed by atoms with Gasteiger partial charge < -0.3 is 9.72 Å². The van der Waals surface area contributed by atoms with Crippen LogP contribution in [0.25, 0.3) is 0 Å². The van der Waals surface area contributed by atoms with E-state index in [-0.39, 0.29) is 5.43 Å². The Morgan fingerprint density at radius 1 is 1.27 bits per heavy atom. The lowest BCUT2D eigenvalue weighted by Gasteiger charge is -2.22. The van der Waals surface area contributed by atoms with E-state index in [4.69, 9.17) is 16.3 Å². The summed E-state index contributed by atoms with van der Waals surface area (Å²) in [6, 6.07) is 9.46. The summed E-state index contributed by atoms with van der Waals surface area (Å²) in [5, 5.41) is 0.742. The highest BCUT2D eigenvalue weighted by molar-refractivity contribution is 6.30. The molecule has 0 aliphatic heterocycles. The van der Waals surface area contributed by atoms with Crippen LogP contribution in [-0.2, 0) is 13.1 Å². The van der Waals surface area contributed by atoms with Gasteiger partial charge in [0.15, 0.2) is 5.75 Å². The molecule has 0 aliphatic carbocycles. The van der Waals surface area contributed by atoms with E-state index in [1.807, 2.05) is 18.2 Å². The fourth-order valence-corrected chi connectivity index (χ4v) is 2.63. The summed E-state index contributed by atoms with van der Waals surface area (Å²) in [5.74, 6) is 0.334. The van der Waals surface area contributed by atoms with Crippen LogP contribution in [0.2, 0.25) is 5.02 Å². The van der Waals surface area contributed by atoms with Crippen LogP contribution >= 0.6 is 11.6 Å². The van der Waals surface area contributed by atoms with Crippen molar-refractivity contribution in [2.75, 3.05) is 13.7 Å². The molecule has 0 amide bonds. The minimum atomic E-state index is -0.101. The van der Waals surface area contributed by atoms with E-state index in [1.54, 1.807) is 12.3 Å². The van der Waals surface area contributed by atoms with Crippen LogP contribution in [-0.4, -0.2) is 23.5 Å². The lowest BCUT2D eigenvalue weighted by Crippen LogP contribution is -2.25. The van der Waals surface area contributed by atoms with Crippen molar-refractivity contribution in [2.24, 2.45) is 0 Å². The summed E-state index contributed by atoms with van der Waals surface area (Å²) >= 11 is 6.04. The highest BCUT2D eigenvalue weighted by Gasteiger charge is 2.09. The fraction of sp³-hybridized carbons (Fsp3) is 0.353. The van der Waals surface area contributed by atoms with Crippen LogP contribution in [0.5, 0.6) is 5.75 Å². The number of hydrogen-bond acceptors (Lipinski definition) is 3. The van der Waals surface area contributed by atoms with E-state index < -0.39 is 0 Å². The quantitative estimate of drug-likeness (QED) is 0.850. The number of halogens is 1. The number of nitrogens with zero attached hydrogens (tertiary/aromatic N) is 1. The van der Waals surface area contributed by atoms with Crippen molar-refractivity contribution in [3.63, 3.8) is 0 Å². The van der Waals surface area contributed by atoms with Crippen molar-refractivity contribution >= 4 is 11.6 Å². The summed E-state index contributed by atoms with van der Waals surface area (Å²) in [7, 11) is 1.49. The maximum absolute atomic E-state index is 11.8. The van der Waals surface area contributed by atoms with Gasteiger partial charge in [-0.15, -0.1) is 0 Å². The van der Waals surface area contributed by atoms with Crippen LogP contribution in [0.1, 0.15) is 24.6 Å². The van der Waals surface area contributed by atoms with Gasteiger partial charge in [0.2, 0.25) is 5.43 Å². The summed E-state index contributed by atoms with van der Waals surface area (Å²) in [6.07, 6.45) is 2.65. The zero-order chi connectivity index (χ0) is 15.9. The minimum Gasteiger partial charge on any atom is -0.491 e. The number of aromatic nitrogens is 1. The first-order valence-corrected chi connectivity index (χ1v) is 7.72. The van der Waals surface area contributed by atoms with Gasteiger partial charge >= 0.3 is 0 Å². The highest BCUT2D eigenvalue weighted by atomic mass is 35.5. The Bertz CT molecular complexity index is 670. The molecule has 0 saturated heterocycles. The second kappa shape index (κ2) is 8.01. The van der Waals surface area contributed by atoms with Gasteiger partial charge in [0, 0.05) is 36.1 Å². The van der Waals surface area contributed by atoms with Crippen LogP contribution in [0, 0.1) is 0 Å². The molecular formula is C17H21ClN2O2. The molecule has 4 nitrogen and oxygen atoms in total. The topological polar surface area (TPSA) is 45.3 Å². The molecule has 118 valence electrons. The molecule has 0 aliphatic rings. The third-order valence-electron chi connectivity index (χ3n) is 3.39. The maximum atomic E-state index is 11.8. The third-order valence-corrected chi connectivity index (χ3v) is 3.62. The maximum Gasteiger partial charge on any atom is 0.223 e. The number of rotatable bonds is 7. The molecule has 2 aromatic rings. The second-order valence-corrected chi connectivity index (χ2v) is 5.67. The molecule has 1 N–H and O–H groups in total. The average Bonchev–Trinajstić information content (AvgIpc) is 2.48. The van der Waals surface area contributed by atoms with Crippen molar-refractivity contribution in [1.82, 2.24) is 9.88 Å². The van der Waals surface area contributed by atoms with Crippen molar-refractivity contribution in [1.29, 1.82) is 0 Å². The Labute approximate surface area is 135 Å². The van der Waals surface area contributed by atoms with Crippen LogP contribution < -0.4 is 10.2 Å². The molecule has 0 spiro atoms. The molecule has 0 saturated carbocycles. The van der Waals surface area contributed by atoms with E-state index in [1.165, 1.54) is 7.11 Å². The summed E-state index contributed by atoms with van der Waals surface area (Å²) in [5.41, 5.74) is 1.94. The SMILES string of the molecule is CCCN(Cc1cccc(Cl)c1)Cc1cc(=O)c(OC)c[nH]1. The zero-order valence-electron chi connectivity index (χ0n) is 12.9. The molecule has 0 fully saturated rings. The van der Waals surface area contributed by atoms with E-state index in [9.17, 15) is 4.79 Å². The number of hydrogen-bond donors (Lipinski definition) is 1. The number of aromatic amines is 1. The molecule has 0 radical (unpaired) electrons. The first-order chi connectivity index (χ1) is 10.6.